The van der Waals surface area contributed by atoms with Gasteiger partial charge in [-0.1, -0.05) is 79.7 Å². The molecule has 0 bridgehead atoms. The Labute approximate surface area is 340 Å². The first-order valence-electron chi connectivity index (χ1n) is 20.1. The summed E-state index contributed by atoms with van der Waals surface area (Å²) in [7, 11) is 1.67. The molecule has 3 aromatic heterocycles. The highest BCUT2D eigenvalue weighted by Crippen LogP contribution is 2.38. The van der Waals surface area contributed by atoms with Gasteiger partial charge in [0.2, 0.25) is 0 Å². The van der Waals surface area contributed by atoms with Crippen molar-refractivity contribution in [3.63, 3.8) is 0 Å². The zero-order chi connectivity index (χ0) is 40.3. The van der Waals surface area contributed by atoms with Crippen molar-refractivity contribution in [3.8, 4) is 5.75 Å². The number of nitrogens with zero attached hydrogens (tertiary/aromatic N) is 8. The van der Waals surface area contributed by atoms with Crippen LogP contribution in [0.5, 0.6) is 5.75 Å². The van der Waals surface area contributed by atoms with E-state index >= 15 is 0 Å². The number of anilines is 3. The minimum Gasteiger partial charge on any atom is -0.497 e. The molecule has 0 aliphatic carbocycles. The number of piperidine rings is 1. The summed E-state index contributed by atoms with van der Waals surface area (Å²) in [6, 6.07) is 32.7. The Balaban J connectivity index is 1.09. The van der Waals surface area contributed by atoms with Crippen molar-refractivity contribution in [1.29, 1.82) is 0 Å². The van der Waals surface area contributed by atoms with E-state index in [0.29, 0.717) is 18.9 Å². The molecule has 1 saturated heterocycles. The molecule has 0 spiro atoms. The van der Waals surface area contributed by atoms with Crippen molar-refractivity contribution < 1.29 is 14.3 Å². The maximum atomic E-state index is 12.4. The van der Waals surface area contributed by atoms with E-state index in [9.17, 15) is 4.79 Å². The van der Waals surface area contributed by atoms with Gasteiger partial charge in [-0.15, -0.1) is 0 Å². The summed E-state index contributed by atoms with van der Waals surface area (Å²) < 4.78 is 12.9. The van der Waals surface area contributed by atoms with Gasteiger partial charge in [-0.2, -0.15) is 5.10 Å². The van der Waals surface area contributed by atoms with E-state index in [-0.39, 0.29) is 11.5 Å². The van der Waals surface area contributed by atoms with Gasteiger partial charge in [0, 0.05) is 37.3 Å². The normalized spacial score (nSPS) is 15.1. The highest BCUT2D eigenvalue weighted by Gasteiger charge is 2.33. The van der Waals surface area contributed by atoms with Gasteiger partial charge in [-0.05, 0) is 81.7 Å². The van der Waals surface area contributed by atoms with E-state index in [2.05, 4.69) is 64.5 Å². The second kappa shape index (κ2) is 16.3. The molecule has 298 valence electrons. The van der Waals surface area contributed by atoms with E-state index in [1.165, 1.54) is 0 Å². The number of hydrogen-bond acceptors (Lipinski definition) is 10. The van der Waals surface area contributed by atoms with Crippen LogP contribution in [0.1, 0.15) is 69.3 Å². The van der Waals surface area contributed by atoms with Crippen LogP contribution in [0.3, 0.4) is 0 Å². The lowest BCUT2D eigenvalue weighted by molar-refractivity contribution is 0.0495. The highest BCUT2D eigenvalue weighted by molar-refractivity contribution is 6.13. The van der Waals surface area contributed by atoms with Crippen LogP contribution in [0, 0.1) is 5.41 Å². The molecule has 0 unspecified atom stereocenters. The Kier molecular flexibility index (Phi) is 10.8. The molecule has 1 fully saturated rings. The first-order chi connectivity index (χ1) is 28.0. The van der Waals surface area contributed by atoms with Gasteiger partial charge in [0.1, 0.15) is 17.2 Å². The second-order valence-electron chi connectivity index (χ2n) is 16.5. The number of rotatable bonds is 10. The molecule has 0 saturated carbocycles. The Bertz CT molecular complexity index is 2360. The monoisotopic (exact) mass is 777 g/mol. The zero-order valence-corrected chi connectivity index (χ0v) is 34.0. The SMILES string of the molecule is COc1ccc(Cn2nc(N3CCCc4nc(N=C(c5ccccc5)c5ccccc5)ccc43)c3ncc(N4CCC(C)(CNC(=O)OC(C)(C)C)CC4)nc32)cc1. The first kappa shape index (κ1) is 38.6. The van der Waals surface area contributed by atoms with E-state index in [4.69, 9.17) is 34.5 Å². The summed E-state index contributed by atoms with van der Waals surface area (Å²) in [6.45, 7) is 11.3. The fourth-order valence-electron chi connectivity index (χ4n) is 7.64. The molecule has 1 amide bonds. The van der Waals surface area contributed by atoms with Gasteiger partial charge in [0.25, 0.3) is 0 Å². The Morgan fingerprint density at radius 3 is 2.22 bits per heavy atom. The molecule has 2 aliphatic heterocycles. The van der Waals surface area contributed by atoms with Crippen LogP contribution in [-0.4, -0.2) is 75.4 Å². The number of ether oxygens (including phenoxy) is 2. The van der Waals surface area contributed by atoms with Crippen LogP contribution in [0.4, 0.5) is 27.9 Å². The lowest BCUT2D eigenvalue weighted by Gasteiger charge is -2.40. The van der Waals surface area contributed by atoms with Gasteiger partial charge >= 0.3 is 6.09 Å². The van der Waals surface area contributed by atoms with Crippen molar-refractivity contribution in [1.82, 2.24) is 30.0 Å². The molecule has 12 heteroatoms. The fourth-order valence-corrected chi connectivity index (χ4v) is 7.64. The van der Waals surface area contributed by atoms with Crippen LogP contribution in [-0.2, 0) is 17.7 Å². The van der Waals surface area contributed by atoms with Crippen molar-refractivity contribution in [2.45, 2.75) is 65.5 Å². The molecular formula is C46H51N9O3. The van der Waals surface area contributed by atoms with E-state index in [1.54, 1.807) is 7.11 Å². The summed E-state index contributed by atoms with van der Waals surface area (Å²) in [6.07, 6.45) is 5.02. The fraction of sp³-hybridized carbons (Fsp3) is 0.348. The van der Waals surface area contributed by atoms with Crippen LogP contribution in [0.2, 0.25) is 0 Å². The smallest absolute Gasteiger partial charge is 0.407 e. The molecule has 3 aromatic carbocycles. The molecule has 0 atom stereocenters. The number of aliphatic imine (C=N–C) groups is 1. The maximum absolute atomic E-state index is 12.4. The number of hydrogen-bond donors (Lipinski definition) is 1. The topological polar surface area (TPSA) is 123 Å². The number of aryl methyl sites for hydroxylation is 1. The number of amides is 1. The van der Waals surface area contributed by atoms with E-state index < -0.39 is 5.60 Å². The number of fused-ring (bicyclic) bond motifs is 2. The predicted octanol–water partition coefficient (Wildman–Crippen LogP) is 8.66. The zero-order valence-electron chi connectivity index (χ0n) is 34.0. The average Bonchev–Trinajstić information content (AvgIpc) is 3.59. The molecule has 6 aromatic rings. The maximum Gasteiger partial charge on any atom is 0.407 e. The molecule has 0 radical (unpaired) electrons. The Hall–Kier alpha value is -6.30. The third-order valence-corrected chi connectivity index (χ3v) is 10.9. The number of nitrogens with one attached hydrogen (secondary N) is 1. The lowest BCUT2D eigenvalue weighted by Crippen LogP contribution is -2.46. The van der Waals surface area contributed by atoms with Crippen molar-refractivity contribution in [2.75, 3.05) is 43.1 Å². The molecule has 2 aliphatic rings. The number of carbonyl (C=O) groups excluding carboxylic acids is 1. The lowest BCUT2D eigenvalue weighted by atomic mass is 9.80. The number of methoxy groups -OCH3 is 1. The van der Waals surface area contributed by atoms with Gasteiger partial charge in [-0.3, -0.25) is 0 Å². The van der Waals surface area contributed by atoms with Crippen LogP contribution < -0.4 is 19.9 Å². The Morgan fingerprint density at radius 2 is 1.57 bits per heavy atom. The minimum absolute atomic E-state index is 0.0558. The number of pyridine rings is 1. The number of aromatic nitrogens is 5. The third kappa shape index (κ3) is 8.66. The summed E-state index contributed by atoms with van der Waals surface area (Å²) in [4.78, 5) is 37.5. The standard InChI is InChI=1S/C46H51N9O3/c1-45(2,3)58-44(56)48-31-46(4)24-27-53(28-25-46)39-29-47-41-42(51-39)55(30-32-18-20-35(57-5)21-19-32)52-43(41)54-26-12-17-36-37(54)22-23-38(49-36)50-40(33-13-8-6-9-14-33)34-15-10-7-11-16-34/h6-11,13-16,18-23,29H,12,17,24-28,30-31H2,1-5H3,(H,48,56). The first-order valence-corrected chi connectivity index (χ1v) is 20.1. The van der Waals surface area contributed by atoms with Gasteiger partial charge in [-0.25, -0.2) is 29.4 Å². The van der Waals surface area contributed by atoms with E-state index in [1.807, 2.05) is 86.2 Å². The van der Waals surface area contributed by atoms with Crippen LogP contribution in [0.15, 0.2) is 108 Å². The van der Waals surface area contributed by atoms with Crippen molar-refractivity contribution in [3.05, 3.63) is 126 Å². The summed E-state index contributed by atoms with van der Waals surface area (Å²) in [5.41, 5.74) is 6.89. The van der Waals surface area contributed by atoms with Crippen LogP contribution in [0.25, 0.3) is 11.2 Å². The molecule has 1 N–H and O–H groups in total. The average molecular weight is 778 g/mol. The minimum atomic E-state index is -0.534. The summed E-state index contributed by atoms with van der Waals surface area (Å²) >= 11 is 0. The number of alkyl carbamates (subject to hydrolysis) is 1. The molecular weight excluding hydrogens is 727 g/mol. The largest absolute Gasteiger partial charge is 0.497 e. The second-order valence-corrected chi connectivity index (χ2v) is 16.5. The van der Waals surface area contributed by atoms with Gasteiger partial charge in [0.05, 0.1) is 36.9 Å². The van der Waals surface area contributed by atoms with Crippen LogP contribution >= 0.6 is 0 Å². The number of benzene rings is 3. The summed E-state index contributed by atoms with van der Waals surface area (Å²) in [5, 5.41) is 8.22. The number of carbonyl (C=O) groups is 1. The molecule has 5 heterocycles. The quantitative estimate of drug-likeness (QED) is 0.136. The Morgan fingerprint density at radius 1 is 0.879 bits per heavy atom. The summed E-state index contributed by atoms with van der Waals surface area (Å²) in [5.74, 6) is 3.04. The molecule has 8 rings (SSSR count). The molecule has 12 nitrogen and oxygen atoms in total. The van der Waals surface area contributed by atoms with Gasteiger partial charge in [0.15, 0.2) is 22.8 Å². The molecule has 58 heavy (non-hydrogen) atoms. The van der Waals surface area contributed by atoms with Gasteiger partial charge < -0.3 is 24.6 Å². The van der Waals surface area contributed by atoms with Crippen molar-refractivity contribution in [2.24, 2.45) is 10.4 Å². The van der Waals surface area contributed by atoms with Crippen molar-refractivity contribution >= 4 is 46.1 Å². The van der Waals surface area contributed by atoms with E-state index in [0.717, 1.165) is 108 Å². The third-order valence-electron chi connectivity index (χ3n) is 10.9. The predicted molar refractivity (Wildman–Crippen MR) is 229 cm³/mol. The highest BCUT2D eigenvalue weighted by atomic mass is 16.6.